The Morgan fingerprint density at radius 2 is 2.38 bits per heavy atom. The van der Waals surface area contributed by atoms with Crippen molar-refractivity contribution in [1.82, 2.24) is 5.32 Å². The number of rotatable bonds is 3. The summed E-state index contributed by atoms with van der Waals surface area (Å²) in [5.74, 6) is 1.07. The lowest BCUT2D eigenvalue weighted by atomic mass is 10.2. The van der Waals surface area contributed by atoms with E-state index in [0.29, 0.717) is 12.5 Å². The van der Waals surface area contributed by atoms with Gasteiger partial charge < -0.3 is 11.1 Å². The zero-order valence-corrected chi connectivity index (χ0v) is 10.1. The van der Waals surface area contributed by atoms with Crippen LogP contribution < -0.4 is 11.1 Å². The van der Waals surface area contributed by atoms with Gasteiger partial charge in [-0.25, -0.2) is 0 Å². The van der Waals surface area contributed by atoms with Crippen LogP contribution in [0.5, 0.6) is 0 Å². The van der Waals surface area contributed by atoms with E-state index in [1.54, 1.807) is 11.8 Å². The Morgan fingerprint density at radius 1 is 1.56 bits per heavy atom. The number of carbonyl (C=O) groups is 1. The van der Waals surface area contributed by atoms with Gasteiger partial charge in [0.1, 0.15) is 0 Å². The standard InChI is InChI=1S/C12H16N2OS/c1-8-2-4-11(10(13)6-8)16-7-9-3-5-12(15)14-9/h2,4,6,9H,3,5,7,13H2,1H3,(H,14,15). The van der Waals surface area contributed by atoms with Crippen molar-refractivity contribution in [1.29, 1.82) is 0 Å². The molecule has 0 spiro atoms. The van der Waals surface area contributed by atoms with Gasteiger partial charge in [0.05, 0.1) is 0 Å². The molecule has 0 bridgehead atoms. The molecule has 1 unspecified atom stereocenters. The molecule has 0 radical (unpaired) electrons. The number of carbonyl (C=O) groups excluding carboxylic acids is 1. The second kappa shape index (κ2) is 4.78. The number of nitrogen functional groups attached to an aromatic ring is 1. The molecular weight excluding hydrogens is 220 g/mol. The molecule has 1 atom stereocenters. The Kier molecular flexibility index (Phi) is 3.39. The highest BCUT2D eigenvalue weighted by atomic mass is 32.2. The summed E-state index contributed by atoms with van der Waals surface area (Å²) < 4.78 is 0. The third-order valence-corrected chi connectivity index (χ3v) is 3.94. The summed E-state index contributed by atoms with van der Waals surface area (Å²) in [7, 11) is 0. The third kappa shape index (κ3) is 2.70. The Hall–Kier alpha value is -1.16. The van der Waals surface area contributed by atoms with Gasteiger partial charge in [-0.1, -0.05) is 6.07 Å². The number of benzene rings is 1. The van der Waals surface area contributed by atoms with Crippen molar-refractivity contribution in [2.45, 2.75) is 30.7 Å². The lowest BCUT2D eigenvalue weighted by Crippen LogP contribution is -2.27. The number of amides is 1. The van der Waals surface area contributed by atoms with Gasteiger partial charge >= 0.3 is 0 Å². The van der Waals surface area contributed by atoms with Crippen LogP contribution in [0.2, 0.25) is 0 Å². The van der Waals surface area contributed by atoms with E-state index in [1.807, 2.05) is 19.1 Å². The van der Waals surface area contributed by atoms with E-state index in [9.17, 15) is 4.79 Å². The predicted octanol–water partition coefficient (Wildman–Crippen LogP) is 1.95. The molecule has 1 aromatic carbocycles. The van der Waals surface area contributed by atoms with Gasteiger partial charge in [-0.2, -0.15) is 0 Å². The van der Waals surface area contributed by atoms with Gasteiger partial charge in [0.15, 0.2) is 0 Å². The molecular formula is C12H16N2OS. The van der Waals surface area contributed by atoms with E-state index in [4.69, 9.17) is 5.73 Å². The molecule has 16 heavy (non-hydrogen) atoms. The highest BCUT2D eigenvalue weighted by molar-refractivity contribution is 7.99. The predicted molar refractivity (Wildman–Crippen MR) is 67.5 cm³/mol. The molecule has 1 aromatic rings. The largest absolute Gasteiger partial charge is 0.398 e. The Balaban J connectivity index is 1.92. The first-order valence-corrected chi connectivity index (χ1v) is 6.42. The van der Waals surface area contributed by atoms with Crippen LogP contribution in [0.1, 0.15) is 18.4 Å². The van der Waals surface area contributed by atoms with Crippen molar-refractivity contribution in [3.63, 3.8) is 0 Å². The van der Waals surface area contributed by atoms with E-state index in [1.165, 1.54) is 5.56 Å². The fourth-order valence-electron chi connectivity index (χ4n) is 1.79. The Morgan fingerprint density at radius 3 is 3.00 bits per heavy atom. The topological polar surface area (TPSA) is 55.1 Å². The van der Waals surface area contributed by atoms with Crippen LogP contribution in [0.25, 0.3) is 0 Å². The Bertz CT molecular complexity index is 406. The van der Waals surface area contributed by atoms with Crippen LogP contribution in [0.3, 0.4) is 0 Å². The van der Waals surface area contributed by atoms with Crippen molar-refractivity contribution in [2.75, 3.05) is 11.5 Å². The molecule has 1 amide bonds. The summed E-state index contributed by atoms with van der Waals surface area (Å²) in [6.45, 7) is 2.03. The van der Waals surface area contributed by atoms with E-state index < -0.39 is 0 Å². The maximum atomic E-state index is 11.0. The van der Waals surface area contributed by atoms with Gasteiger partial charge in [-0.05, 0) is 31.0 Å². The average Bonchev–Trinajstić information content (AvgIpc) is 2.63. The van der Waals surface area contributed by atoms with Crippen molar-refractivity contribution in [2.24, 2.45) is 0 Å². The van der Waals surface area contributed by atoms with Crippen LogP contribution in [0.15, 0.2) is 23.1 Å². The molecule has 2 rings (SSSR count). The minimum absolute atomic E-state index is 0.169. The highest BCUT2D eigenvalue weighted by Gasteiger charge is 2.20. The van der Waals surface area contributed by atoms with Gasteiger partial charge in [-0.3, -0.25) is 4.79 Å². The summed E-state index contributed by atoms with van der Waals surface area (Å²) in [5.41, 5.74) is 7.93. The Labute approximate surface area is 99.8 Å². The molecule has 1 aliphatic rings. The average molecular weight is 236 g/mol. The number of hydrogen-bond acceptors (Lipinski definition) is 3. The molecule has 0 aromatic heterocycles. The van der Waals surface area contributed by atoms with Gasteiger partial charge in [-0.15, -0.1) is 11.8 Å². The summed E-state index contributed by atoms with van der Waals surface area (Å²) in [6, 6.07) is 6.39. The first kappa shape index (κ1) is 11.3. The molecule has 1 aliphatic heterocycles. The molecule has 1 saturated heterocycles. The molecule has 0 aliphatic carbocycles. The van der Waals surface area contributed by atoms with Gasteiger partial charge in [0.25, 0.3) is 0 Å². The van der Waals surface area contributed by atoms with Gasteiger partial charge in [0.2, 0.25) is 5.91 Å². The number of nitrogens with one attached hydrogen (secondary N) is 1. The van der Waals surface area contributed by atoms with Crippen LogP contribution in [0.4, 0.5) is 5.69 Å². The van der Waals surface area contributed by atoms with E-state index in [2.05, 4.69) is 11.4 Å². The SMILES string of the molecule is Cc1ccc(SCC2CCC(=O)N2)c(N)c1. The minimum Gasteiger partial charge on any atom is -0.398 e. The van der Waals surface area contributed by atoms with E-state index >= 15 is 0 Å². The fourth-order valence-corrected chi connectivity index (χ4v) is 2.81. The normalized spacial score (nSPS) is 19.8. The van der Waals surface area contributed by atoms with Gasteiger partial charge in [0, 0.05) is 28.8 Å². The molecule has 3 N–H and O–H groups in total. The second-order valence-corrected chi connectivity index (χ2v) is 5.22. The number of thioether (sulfide) groups is 1. The van der Waals surface area contributed by atoms with Crippen molar-refractivity contribution >= 4 is 23.4 Å². The quantitative estimate of drug-likeness (QED) is 0.623. The first-order valence-electron chi connectivity index (χ1n) is 5.43. The summed E-state index contributed by atoms with van der Waals surface area (Å²) in [5, 5.41) is 2.95. The zero-order valence-electron chi connectivity index (χ0n) is 9.32. The molecule has 0 saturated carbocycles. The second-order valence-electron chi connectivity index (χ2n) is 4.16. The van der Waals surface area contributed by atoms with Crippen molar-refractivity contribution in [3.05, 3.63) is 23.8 Å². The van der Waals surface area contributed by atoms with Crippen molar-refractivity contribution < 1.29 is 4.79 Å². The number of nitrogens with two attached hydrogens (primary N) is 1. The molecule has 86 valence electrons. The molecule has 4 heteroatoms. The summed E-state index contributed by atoms with van der Waals surface area (Å²) in [4.78, 5) is 12.1. The van der Waals surface area contributed by atoms with Crippen LogP contribution in [0, 0.1) is 6.92 Å². The lowest BCUT2D eigenvalue weighted by Gasteiger charge is -2.11. The summed E-state index contributed by atoms with van der Waals surface area (Å²) >= 11 is 1.72. The fraction of sp³-hybridized carbons (Fsp3) is 0.417. The lowest BCUT2D eigenvalue weighted by molar-refractivity contribution is -0.119. The number of aryl methyl sites for hydroxylation is 1. The van der Waals surface area contributed by atoms with E-state index in [-0.39, 0.29) is 5.91 Å². The first-order chi connectivity index (χ1) is 7.65. The monoisotopic (exact) mass is 236 g/mol. The molecule has 1 fully saturated rings. The number of anilines is 1. The maximum Gasteiger partial charge on any atom is 0.220 e. The van der Waals surface area contributed by atoms with Crippen molar-refractivity contribution in [3.8, 4) is 0 Å². The zero-order chi connectivity index (χ0) is 11.5. The number of hydrogen-bond donors (Lipinski definition) is 2. The van der Waals surface area contributed by atoms with Crippen LogP contribution in [-0.2, 0) is 4.79 Å². The summed E-state index contributed by atoms with van der Waals surface area (Å²) in [6.07, 6.45) is 1.60. The molecule has 3 nitrogen and oxygen atoms in total. The van der Waals surface area contributed by atoms with Crippen LogP contribution in [-0.4, -0.2) is 17.7 Å². The smallest absolute Gasteiger partial charge is 0.220 e. The van der Waals surface area contributed by atoms with Crippen LogP contribution >= 0.6 is 11.8 Å². The highest BCUT2D eigenvalue weighted by Crippen LogP contribution is 2.27. The third-order valence-electron chi connectivity index (χ3n) is 2.69. The van der Waals surface area contributed by atoms with E-state index in [0.717, 1.165) is 22.8 Å². The minimum atomic E-state index is 0.169. The molecule has 1 heterocycles. The maximum absolute atomic E-state index is 11.0.